The van der Waals surface area contributed by atoms with E-state index in [-0.39, 0.29) is 0 Å². The Balaban J connectivity index is 1.58. The van der Waals surface area contributed by atoms with Gasteiger partial charge in [-0.25, -0.2) is 0 Å². The van der Waals surface area contributed by atoms with Crippen molar-refractivity contribution in [2.75, 3.05) is 19.6 Å². The second kappa shape index (κ2) is 5.50. The molecule has 2 fully saturated rings. The monoisotopic (exact) mass is 210 g/mol. The number of hydrogen-bond acceptors (Lipinski definition) is 2. The number of nitrogens with one attached hydrogen (secondary N) is 1. The van der Waals surface area contributed by atoms with E-state index in [1.54, 1.807) is 0 Å². The van der Waals surface area contributed by atoms with Gasteiger partial charge in [0.1, 0.15) is 0 Å². The highest BCUT2D eigenvalue weighted by atomic mass is 16.2. The average molecular weight is 210 g/mol. The minimum Gasteiger partial charge on any atom is -0.343 e. The summed E-state index contributed by atoms with van der Waals surface area (Å²) in [5, 5.41) is 3.49. The Hall–Kier alpha value is -0.570. The maximum atomic E-state index is 11.7. The molecule has 1 N–H and O–H groups in total. The third-order valence-electron chi connectivity index (χ3n) is 3.59. The third kappa shape index (κ3) is 3.20. The summed E-state index contributed by atoms with van der Waals surface area (Å²) in [4.78, 5) is 13.7. The molecule has 0 spiro atoms. The first-order valence-corrected chi connectivity index (χ1v) is 6.37. The molecule has 0 aromatic rings. The van der Waals surface area contributed by atoms with Crippen molar-refractivity contribution in [3.63, 3.8) is 0 Å². The first-order chi connectivity index (χ1) is 7.36. The summed E-state index contributed by atoms with van der Waals surface area (Å²) in [7, 11) is 0. The van der Waals surface area contributed by atoms with Crippen molar-refractivity contribution < 1.29 is 4.79 Å². The van der Waals surface area contributed by atoms with E-state index in [0.29, 0.717) is 18.4 Å². The number of carbonyl (C=O) groups excluding carboxylic acids is 1. The molecule has 2 rings (SSSR count). The van der Waals surface area contributed by atoms with Gasteiger partial charge in [-0.05, 0) is 25.7 Å². The summed E-state index contributed by atoms with van der Waals surface area (Å²) in [6, 6.07) is 0.691. The molecule has 0 unspecified atom stereocenters. The number of carbonyl (C=O) groups is 1. The fourth-order valence-corrected chi connectivity index (χ4v) is 2.64. The van der Waals surface area contributed by atoms with Crippen molar-refractivity contribution in [1.29, 1.82) is 0 Å². The Morgan fingerprint density at radius 3 is 2.47 bits per heavy atom. The lowest BCUT2D eigenvalue weighted by atomic mass is 10.2. The van der Waals surface area contributed by atoms with E-state index in [9.17, 15) is 4.79 Å². The van der Waals surface area contributed by atoms with Crippen LogP contribution >= 0.6 is 0 Å². The van der Waals surface area contributed by atoms with Gasteiger partial charge in [0.15, 0.2) is 0 Å². The van der Waals surface area contributed by atoms with Crippen LogP contribution in [0.1, 0.15) is 44.9 Å². The van der Waals surface area contributed by atoms with Crippen molar-refractivity contribution in [1.82, 2.24) is 10.2 Å². The van der Waals surface area contributed by atoms with Gasteiger partial charge in [-0.1, -0.05) is 12.8 Å². The van der Waals surface area contributed by atoms with Crippen LogP contribution in [0.4, 0.5) is 0 Å². The van der Waals surface area contributed by atoms with Crippen LogP contribution < -0.4 is 5.32 Å². The molecule has 1 aliphatic heterocycles. The normalized spacial score (nSPS) is 22.5. The maximum absolute atomic E-state index is 11.7. The molecule has 0 aromatic carbocycles. The van der Waals surface area contributed by atoms with E-state index < -0.39 is 0 Å². The maximum Gasteiger partial charge on any atom is 0.223 e. The minimum absolute atomic E-state index is 0.345. The fourth-order valence-electron chi connectivity index (χ4n) is 2.64. The number of likely N-dealkylation sites (tertiary alicyclic amines) is 1. The van der Waals surface area contributed by atoms with Crippen LogP contribution in [-0.2, 0) is 4.79 Å². The van der Waals surface area contributed by atoms with Crippen molar-refractivity contribution in [2.24, 2.45) is 0 Å². The van der Waals surface area contributed by atoms with Gasteiger partial charge in [0.25, 0.3) is 0 Å². The molecule has 1 saturated heterocycles. The molecule has 1 saturated carbocycles. The van der Waals surface area contributed by atoms with Crippen molar-refractivity contribution in [2.45, 2.75) is 51.0 Å². The molecule has 15 heavy (non-hydrogen) atoms. The number of nitrogens with zero attached hydrogens (tertiary/aromatic N) is 1. The first kappa shape index (κ1) is 10.9. The van der Waals surface area contributed by atoms with Crippen LogP contribution in [0, 0.1) is 0 Å². The Morgan fingerprint density at radius 1 is 1.13 bits per heavy atom. The summed E-state index contributed by atoms with van der Waals surface area (Å²) in [6.07, 6.45) is 8.41. The van der Waals surface area contributed by atoms with E-state index in [0.717, 1.165) is 19.6 Å². The standard InChI is InChI=1S/C12H22N2O/c15-12(14-9-3-4-10-14)7-8-13-11-5-1-2-6-11/h11,13H,1-10H2. The average Bonchev–Trinajstić information content (AvgIpc) is 2.90. The van der Waals surface area contributed by atoms with E-state index in [2.05, 4.69) is 5.32 Å². The number of amides is 1. The van der Waals surface area contributed by atoms with Gasteiger partial charge in [0.2, 0.25) is 5.91 Å². The summed E-state index contributed by atoms with van der Waals surface area (Å²) < 4.78 is 0. The Bertz CT molecular complexity index is 206. The zero-order chi connectivity index (χ0) is 10.5. The minimum atomic E-state index is 0.345. The SMILES string of the molecule is O=C(CCNC1CCCC1)N1CCCC1. The molecular formula is C12H22N2O. The first-order valence-electron chi connectivity index (χ1n) is 6.37. The molecule has 1 aliphatic carbocycles. The number of rotatable bonds is 4. The lowest BCUT2D eigenvalue weighted by Gasteiger charge is -2.16. The second-order valence-corrected chi connectivity index (χ2v) is 4.77. The molecule has 3 nitrogen and oxygen atoms in total. The van der Waals surface area contributed by atoms with Gasteiger partial charge in [-0.3, -0.25) is 4.79 Å². The topological polar surface area (TPSA) is 32.3 Å². The molecule has 0 radical (unpaired) electrons. The van der Waals surface area contributed by atoms with Gasteiger partial charge in [0.05, 0.1) is 0 Å². The highest BCUT2D eigenvalue weighted by molar-refractivity contribution is 5.76. The Labute approximate surface area is 92.2 Å². The fraction of sp³-hybridized carbons (Fsp3) is 0.917. The molecule has 0 aromatic heterocycles. The lowest BCUT2D eigenvalue weighted by molar-refractivity contribution is -0.130. The van der Waals surface area contributed by atoms with Crippen LogP contribution in [0.15, 0.2) is 0 Å². The van der Waals surface area contributed by atoms with E-state index in [1.165, 1.54) is 38.5 Å². The van der Waals surface area contributed by atoms with Gasteiger partial charge in [-0.2, -0.15) is 0 Å². The lowest BCUT2D eigenvalue weighted by Crippen LogP contribution is -2.33. The predicted molar refractivity (Wildman–Crippen MR) is 60.7 cm³/mol. The van der Waals surface area contributed by atoms with E-state index >= 15 is 0 Å². The largest absolute Gasteiger partial charge is 0.343 e. The highest BCUT2D eigenvalue weighted by Gasteiger charge is 2.18. The van der Waals surface area contributed by atoms with Crippen molar-refractivity contribution in [3.05, 3.63) is 0 Å². The van der Waals surface area contributed by atoms with Crippen LogP contribution in [0.5, 0.6) is 0 Å². The molecule has 0 bridgehead atoms. The quantitative estimate of drug-likeness (QED) is 0.763. The van der Waals surface area contributed by atoms with Gasteiger partial charge in [-0.15, -0.1) is 0 Å². The van der Waals surface area contributed by atoms with E-state index in [1.807, 2.05) is 4.90 Å². The molecule has 1 heterocycles. The molecule has 1 amide bonds. The Morgan fingerprint density at radius 2 is 1.80 bits per heavy atom. The predicted octanol–water partition coefficient (Wildman–Crippen LogP) is 1.53. The molecule has 86 valence electrons. The molecule has 0 atom stereocenters. The molecular weight excluding hydrogens is 188 g/mol. The summed E-state index contributed by atoms with van der Waals surface area (Å²) >= 11 is 0. The Kier molecular flexibility index (Phi) is 4.01. The number of hydrogen-bond donors (Lipinski definition) is 1. The van der Waals surface area contributed by atoms with Crippen LogP contribution in [0.3, 0.4) is 0 Å². The smallest absolute Gasteiger partial charge is 0.223 e. The summed E-state index contributed by atoms with van der Waals surface area (Å²) in [6.45, 7) is 2.85. The summed E-state index contributed by atoms with van der Waals surface area (Å²) in [5.74, 6) is 0.345. The highest BCUT2D eigenvalue weighted by Crippen LogP contribution is 2.17. The van der Waals surface area contributed by atoms with Crippen LogP contribution in [0.25, 0.3) is 0 Å². The zero-order valence-electron chi connectivity index (χ0n) is 9.50. The van der Waals surface area contributed by atoms with Crippen LogP contribution in [-0.4, -0.2) is 36.5 Å². The van der Waals surface area contributed by atoms with Gasteiger partial charge >= 0.3 is 0 Å². The van der Waals surface area contributed by atoms with Crippen molar-refractivity contribution in [3.8, 4) is 0 Å². The van der Waals surface area contributed by atoms with Crippen LogP contribution in [0.2, 0.25) is 0 Å². The van der Waals surface area contributed by atoms with E-state index in [4.69, 9.17) is 0 Å². The van der Waals surface area contributed by atoms with Gasteiger partial charge in [0, 0.05) is 32.1 Å². The second-order valence-electron chi connectivity index (χ2n) is 4.77. The molecule has 3 heteroatoms. The van der Waals surface area contributed by atoms with Gasteiger partial charge < -0.3 is 10.2 Å². The molecule has 2 aliphatic rings. The summed E-state index contributed by atoms with van der Waals surface area (Å²) in [5.41, 5.74) is 0. The third-order valence-corrected chi connectivity index (χ3v) is 3.59. The van der Waals surface area contributed by atoms with Crippen molar-refractivity contribution >= 4 is 5.91 Å². The zero-order valence-corrected chi connectivity index (χ0v) is 9.50.